The molecule has 0 atom stereocenters. The molecular formula is C20H25N5O. The lowest BCUT2D eigenvalue weighted by molar-refractivity contribution is 0.282. The van der Waals surface area contributed by atoms with Crippen LogP contribution in [0.1, 0.15) is 43.0 Å². The second-order valence-electron chi connectivity index (χ2n) is 7.38. The monoisotopic (exact) mass is 351 g/mol. The molecule has 0 aliphatic heterocycles. The van der Waals surface area contributed by atoms with Gasteiger partial charge in [-0.15, -0.1) is 0 Å². The van der Waals surface area contributed by atoms with Crippen molar-refractivity contribution in [2.24, 2.45) is 0 Å². The minimum atomic E-state index is -0.203. The average molecular weight is 351 g/mol. The third-order valence-corrected chi connectivity index (χ3v) is 5.14. The topological polar surface area (TPSA) is 67.1 Å². The Kier molecular flexibility index (Phi) is 4.70. The van der Waals surface area contributed by atoms with Gasteiger partial charge in [0.15, 0.2) is 5.82 Å². The lowest BCUT2D eigenvalue weighted by Gasteiger charge is -2.27. The van der Waals surface area contributed by atoms with E-state index in [1.54, 1.807) is 0 Å². The van der Waals surface area contributed by atoms with E-state index in [-0.39, 0.29) is 5.54 Å². The summed E-state index contributed by atoms with van der Waals surface area (Å²) in [6, 6.07) is 10.4. The van der Waals surface area contributed by atoms with Crippen molar-refractivity contribution in [2.45, 2.75) is 44.3 Å². The van der Waals surface area contributed by atoms with Gasteiger partial charge in [-0.05, 0) is 38.6 Å². The molecule has 1 N–H and O–H groups in total. The van der Waals surface area contributed by atoms with Crippen molar-refractivity contribution in [3.8, 4) is 0 Å². The zero-order valence-electron chi connectivity index (χ0n) is 15.4. The van der Waals surface area contributed by atoms with Crippen molar-refractivity contribution in [3.63, 3.8) is 0 Å². The van der Waals surface area contributed by atoms with Crippen LogP contribution >= 0.6 is 0 Å². The van der Waals surface area contributed by atoms with Crippen molar-refractivity contribution >= 4 is 10.9 Å². The average Bonchev–Trinajstić information content (AvgIpc) is 3.30. The van der Waals surface area contributed by atoms with E-state index in [1.807, 2.05) is 31.3 Å². The van der Waals surface area contributed by atoms with Crippen LogP contribution in [0.3, 0.4) is 0 Å². The minimum absolute atomic E-state index is 0.203. The molecule has 2 heterocycles. The number of benzene rings is 1. The Labute approximate surface area is 153 Å². The highest BCUT2D eigenvalue weighted by Gasteiger charge is 2.39. The molecule has 6 heteroatoms. The van der Waals surface area contributed by atoms with E-state index in [9.17, 15) is 0 Å². The molecule has 1 fully saturated rings. The van der Waals surface area contributed by atoms with Crippen LogP contribution in [0.4, 0.5) is 0 Å². The summed E-state index contributed by atoms with van der Waals surface area (Å²) in [5, 5.41) is 9.22. The molecule has 1 aliphatic carbocycles. The molecule has 26 heavy (non-hydrogen) atoms. The van der Waals surface area contributed by atoms with Crippen LogP contribution in [-0.4, -0.2) is 34.1 Å². The van der Waals surface area contributed by atoms with Crippen LogP contribution in [0.5, 0.6) is 0 Å². The van der Waals surface area contributed by atoms with E-state index in [2.05, 4.69) is 44.7 Å². The van der Waals surface area contributed by atoms with Gasteiger partial charge in [0.2, 0.25) is 5.89 Å². The summed E-state index contributed by atoms with van der Waals surface area (Å²) in [6.45, 7) is 1.40. The molecule has 0 bridgehead atoms. The van der Waals surface area contributed by atoms with Gasteiger partial charge in [-0.2, -0.15) is 4.98 Å². The molecule has 136 valence electrons. The Hall–Kier alpha value is -2.31. The van der Waals surface area contributed by atoms with E-state index >= 15 is 0 Å². The maximum absolute atomic E-state index is 5.48. The Morgan fingerprint density at radius 1 is 1.15 bits per heavy atom. The number of para-hydroxylation sites is 1. The zero-order chi connectivity index (χ0) is 18.0. The molecule has 1 aliphatic rings. The molecule has 1 saturated carbocycles. The van der Waals surface area contributed by atoms with Gasteiger partial charge in [0.05, 0.1) is 17.6 Å². The van der Waals surface area contributed by atoms with Crippen LogP contribution in [0.25, 0.3) is 10.9 Å². The quantitative estimate of drug-likeness (QED) is 0.735. The Balaban J connectivity index is 1.58. The van der Waals surface area contributed by atoms with Crippen molar-refractivity contribution in [2.75, 3.05) is 14.1 Å². The van der Waals surface area contributed by atoms with Gasteiger partial charge in [-0.1, -0.05) is 42.3 Å². The third kappa shape index (κ3) is 3.34. The third-order valence-electron chi connectivity index (χ3n) is 5.14. The van der Waals surface area contributed by atoms with E-state index < -0.39 is 0 Å². The van der Waals surface area contributed by atoms with Gasteiger partial charge in [-0.3, -0.25) is 4.98 Å². The van der Waals surface area contributed by atoms with Crippen LogP contribution in [0.2, 0.25) is 0 Å². The van der Waals surface area contributed by atoms with Gasteiger partial charge in [-0.25, -0.2) is 0 Å². The molecule has 4 rings (SSSR count). The SMILES string of the molecule is CN(C)Cc1nc(C2(NCc3cccc4cccnc34)CCCC2)no1. The second kappa shape index (κ2) is 7.13. The lowest BCUT2D eigenvalue weighted by Crippen LogP contribution is -2.40. The molecule has 0 radical (unpaired) electrons. The summed E-state index contributed by atoms with van der Waals surface area (Å²) in [7, 11) is 4.00. The molecular weight excluding hydrogens is 326 g/mol. The summed E-state index contributed by atoms with van der Waals surface area (Å²) < 4.78 is 5.48. The summed E-state index contributed by atoms with van der Waals surface area (Å²) in [5.41, 5.74) is 2.05. The molecule has 0 amide bonds. The van der Waals surface area contributed by atoms with Crippen LogP contribution < -0.4 is 5.32 Å². The van der Waals surface area contributed by atoms with E-state index in [4.69, 9.17) is 4.52 Å². The highest BCUT2D eigenvalue weighted by Crippen LogP contribution is 2.37. The van der Waals surface area contributed by atoms with Gasteiger partial charge < -0.3 is 14.7 Å². The van der Waals surface area contributed by atoms with Crippen molar-refractivity contribution in [1.82, 2.24) is 25.3 Å². The molecule has 2 aromatic heterocycles. The largest absolute Gasteiger partial charge is 0.338 e. The molecule has 0 spiro atoms. The Morgan fingerprint density at radius 3 is 2.77 bits per heavy atom. The number of pyridine rings is 1. The number of nitrogens with one attached hydrogen (secondary N) is 1. The van der Waals surface area contributed by atoms with Crippen molar-refractivity contribution < 1.29 is 4.52 Å². The Morgan fingerprint density at radius 2 is 1.96 bits per heavy atom. The standard InChI is InChI=1S/C20H25N5O/c1-25(2)14-17-23-19(24-26-17)20(10-3-4-11-20)22-13-16-8-5-7-15-9-6-12-21-18(15)16/h5-9,12,22H,3-4,10-11,13-14H2,1-2H3. The first-order valence-electron chi connectivity index (χ1n) is 9.22. The predicted octanol–water partition coefficient (Wildman–Crippen LogP) is 3.24. The number of nitrogens with zero attached hydrogens (tertiary/aromatic N) is 4. The summed E-state index contributed by atoms with van der Waals surface area (Å²) in [5.74, 6) is 1.46. The number of fused-ring (bicyclic) bond motifs is 1. The van der Waals surface area contributed by atoms with E-state index in [1.165, 1.54) is 23.8 Å². The van der Waals surface area contributed by atoms with Crippen molar-refractivity contribution in [3.05, 3.63) is 53.8 Å². The van der Waals surface area contributed by atoms with Gasteiger partial charge >= 0.3 is 0 Å². The van der Waals surface area contributed by atoms with Gasteiger partial charge in [0, 0.05) is 18.1 Å². The fourth-order valence-corrected chi connectivity index (χ4v) is 3.82. The van der Waals surface area contributed by atoms with Gasteiger partial charge in [0.1, 0.15) is 0 Å². The molecule has 3 aromatic rings. The first-order valence-corrected chi connectivity index (χ1v) is 9.22. The molecule has 1 aromatic carbocycles. The summed E-state index contributed by atoms with van der Waals surface area (Å²) >= 11 is 0. The number of hydrogen-bond donors (Lipinski definition) is 1. The highest BCUT2D eigenvalue weighted by atomic mass is 16.5. The zero-order valence-corrected chi connectivity index (χ0v) is 15.4. The molecule has 0 saturated heterocycles. The lowest BCUT2D eigenvalue weighted by atomic mass is 9.96. The van der Waals surface area contributed by atoms with E-state index in [0.717, 1.165) is 30.7 Å². The Bertz CT molecular complexity index is 877. The summed E-state index contributed by atoms with van der Waals surface area (Å²) in [4.78, 5) is 11.3. The van der Waals surface area contributed by atoms with Crippen molar-refractivity contribution in [1.29, 1.82) is 0 Å². The fourth-order valence-electron chi connectivity index (χ4n) is 3.82. The highest BCUT2D eigenvalue weighted by molar-refractivity contribution is 5.81. The van der Waals surface area contributed by atoms with Crippen LogP contribution in [-0.2, 0) is 18.6 Å². The maximum Gasteiger partial charge on any atom is 0.240 e. The predicted molar refractivity (Wildman–Crippen MR) is 100 cm³/mol. The van der Waals surface area contributed by atoms with Crippen LogP contribution in [0.15, 0.2) is 41.1 Å². The second-order valence-corrected chi connectivity index (χ2v) is 7.38. The normalized spacial score (nSPS) is 16.6. The summed E-state index contributed by atoms with van der Waals surface area (Å²) in [6.07, 6.45) is 6.28. The number of aromatic nitrogens is 3. The fraction of sp³-hybridized carbons (Fsp3) is 0.450. The number of rotatable bonds is 6. The smallest absolute Gasteiger partial charge is 0.240 e. The number of hydrogen-bond acceptors (Lipinski definition) is 6. The van der Waals surface area contributed by atoms with E-state index in [0.29, 0.717) is 12.4 Å². The molecule has 6 nitrogen and oxygen atoms in total. The first-order chi connectivity index (χ1) is 12.7. The molecule has 0 unspecified atom stereocenters. The minimum Gasteiger partial charge on any atom is -0.338 e. The van der Waals surface area contributed by atoms with Crippen LogP contribution in [0, 0.1) is 0 Å². The van der Waals surface area contributed by atoms with Gasteiger partial charge in [0.25, 0.3) is 0 Å². The first kappa shape index (κ1) is 17.1. The maximum atomic E-state index is 5.48.